The van der Waals surface area contributed by atoms with Gasteiger partial charge in [-0.3, -0.25) is 14.7 Å². The molecule has 8 heteroatoms. The third-order valence-electron chi connectivity index (χ3n) is 2.70. The molecular formula is C11H11N2O5P. The molecule has 19 heavy (non-hydrogen) atoms. The number of pyridine rings is 1. The molecule has 0 spiro atoms. The van der Waals surface area contributed by atoms with Crippen LogP contribution in [0.3, 0.4) is 0 Å². The van der Waals surface area contributed by atoms with Crippen LogP contribution in [0.5, 0.6) is 0 Å². The molecule has 0 atom stereocenters. The van der Waals surface area contributed by atoms with Gasteiger partial charge in [-0.1, -0.05) is 12.1 Å². The minimum absolute atomic E-state index is 0.0682. The zero-order valence-electron chi connectivity index (χ0n) is 10.3. The molecule has 2 rings (SSSR count). The van der Waals surface area contributed by atoms with E-state index in [0.29, 0.717) is 10.8 Å². The van der Waals surface area contributed by atoms with E-state index in [2.05, 4.69) is 4.98 Å². The SMILES string of the molecule is COP(=O)(OC)c1nccc2c([N+](=O)[O-])cccc12. The summed E-state index contributed by atoms with van der Waals surface area (Å²) in [5.74, 6) is 0. The van der Waals surface area contributed by atoms with E-state index in [9.17, 15) is 14.7 Å². The van der Waals surface area contributed by atoms with Crippen LogP contribution in [-0.4, -0.2) is 24.1 Å². The lowest BCUT2D eigenvalue weighted by molar-refractivity contribution is -0.383. The maximum Gasteiger partial charge on any atom is 0.379 e. The molecule has 0 unspecified atom stereocenters. The molecule has 1 heterocycles. The molecule has 0 N–H and O–H groups in total. The molecule has 7 nitrogen and oxygen atoms in total. The molecule has 0 saturated carbocycles. The van der Waals surface area contributed by atoms with Gasteiger partial charge in [-0.2, -0.15) is 0 Å². The molecule has 0 aliphatic rings. The zero-order valence-corrected chi connectivity index (χ0v) is 11.2. The summed E-state index contributed by atoms with van der Waals surface area (Å²) >= 11 is 0. The van der Waals surface area contributed by atoms with Crippen LogP contribution in [0.25, 0.3) is 10.8 Å². The minimum atomic E-state index is -3.56. The van der Waals surface area contributed by atoms with E-state index >= 15 is 0 Å². The molecule has 0 saturated heterocycles. The first kappa shape index (κ1) is 13.6. The number of nitro groups is 1. The van der Waals surface area contributed by atoms with Gasteiger partial charge in [0.25, 0.3) is 5.69 Å². The number of nitrogens with zero attached hydrogens (tertiary/aromatic N) is 2. The average Bonchev–Trinajstić information content (AvgIpc) is 2.45. The van der Waals surface area contributed by atoms with Crippen molar-refractivity contribution >= 4 is 29.5 Å². The van der Waals surface area contributed by atoms with Crippen molar-refractivity contribution in [2.75, 3.05) is 14.2 Å². The molecule has 0 aliphatic carbocycles. The highest BCUT2D eigenvalue weighted by Crippen LogP contribution is 2.46. The third kappa shape index (κ3) is 2.23. The van der Waals surface area contributed by atoms with Crippen LogP contribution in [0, 0.1) is 10.1 Å². The molecule has 0 radical (unpaired) electrons. The van der Waals surface area contributed by atoms with E-state index in [1.165, 1.54) is 38.6 Å². The topological polar surface area (TPSA) is 91.6 Å². The van der Waals surface area contributed by atoms with Gasteiger partial charge in [-0.25, -0.2) is 4.98 Å². The molecule has 1 aromatic heterocycles. The van der Waals surface area contributed by atoms with Gasteiger partial charge in [0, 0.05) is 31.9 Å². The number of non-ortho nitro benzene ring substituents is 1. The highest BCUT2D eigenvalue weighted by Gasteiger charge is 2.29. The summed E-state index contributed by atoms with van der Waals surface area (Å²) in [5.41, 5.74) is -0.0152. The van der Waals surface area contributed by atoms with Crippen LogP contribution < -0.4 is 5.44 Å². The fourth-order valence-corrected chi connectivity index (χ4v) is 2.99. The Morgan fingerprint density at radius 3 is 2.47 bits per heavy atom. The Morgan fingerprint density at radius 2 is 1.89 bits per heavy atom. The van der Waals surface area contributed by atoms with Crippen LogP contribution in [0.2, 0.25) is 0 Å². The van der Waals surface area contributed by atoms with E-state index in [-0.39, 0.29) is 11.1 Å². The van der Waals surface area contributed by atoms with Crippen molar-refractivity contribution in [3.63, 3.8) is 0 Å². The summed E-state index contributed by atoms with van der Waals surface area (Å²) < 4.78 is 22.1. The fraction of sp³-hybridized carbons (Fsp3) is 0.182. The first-order valence-corrected chi connectivity index (χ1v) is 6.82. The van der Waals surface area contributed by atoms with E-state index in [1.807, 2.05) is 0 Å². The highest BCUT2D eigenvalue weighted by atomic mass is 31.2. The molecule has 0 aliphatic heterocycles. The lowest BCUT2D eigenvalue weighted by Gasteiger charge is -2.14. The lowest BCUT2D eigenvalue weighted by Crippen LogP contribution is -2.13. The minimum Gasteiger partial charge on any atom is -0.307 e. The Labute approximate surface area is 108 Å². The second-order valence-corrected chi connectivity index (χ2v) is 5.78. The Hall–Kier alpha value is -1.82. The normalized spacial score (nSPS) is 11.7. The van der Waals surface area contributed by atoms with Gasteiger partial charge in [-0.05, 0) is 6.07 Å². The Balaban J connectivity index is 2.82. The number of fused-ring (bicyclic) bond motifs is 1. The number of rotatable bonds is 4. The zero-order chi connectivity index (χ0) is 14.0. The predicted molar refractivity (Wildman–Crippen MR) is 69.7 cm³/mol. The van der Waals surface area contributed by atoms with Crippen LogP contribution in [-0.2, 0) is 13.6 Å². The van der Waals surface area contributed by atoms with Gasteiger partial charge in [0.15, 0.2) is 5.44 Å². The molecule has 100 valence electrons. The second kappa shape index (κ2) is 5.05. The number of nitro benzene ring substituents is 1. The van der Waals surface area contributed by atoms with Crippen molar-refractivity contribution in [3.05, 3.63) is 40.6 Å². The summed E-state index contributed by atoms with van der Waals surface area (Å²) in [5, 5.41) is 11.7. The Bertz CT molecular complexity index is 680. The van der Waals surface area contributed by atoms with E-state index in [4.69, 9.17) is 9.05 Å². The van der Waals surface area contributed by atoms with Gasteiger partial charge < -0.3 is 9.05 Å². The molecular weight excluding hydrogens is 271 g/mol. The van der Waals surface area contributed by atoms with Crippen molar-refractivity contribution in [2.45, 2.75) is 0 Å². The summed E-state index contributed by atoms with van der Waals surface area (Å²) in [4.78, 5) is 14.5. The first-order chi connectivity index (χ1) is 9.03. The van der Waals surface area contributed by atoms with Gasteiger partial charge >= 0.3 is 7.60 Å². The van der Waals surface area contributed by atoms with Crippen molar-refractivity contribution < 1.29 is 18.5 Å². The fourth-order valence-electron chi connectivity index (χ4n) is 1.80. The molecule has 0 fully saturated rings. The van der Waals surface area contributed by atoms with Crippen molar-refractivity contribution in [3.8, 4) is 0 Å². The van der Waals surface area contributed by atoms with E-state index in [0.717, 1.165) is 0 Å². The Kier molecular flexibility index (Phi) is 3.61. The van der Waals surface area contributed by atoms with Gasteiger partial charge in [0.05, 0.1) is 10.3 Å². The highest BCUT2D eigenvalue weighted by molar-refractivity contribution is 7.62. The van der Waals surface area contributed by atoms with Crippen molar-refractivity contribution in [2.24, 2.45) is 0 Å². The number of aromatic nitrogens is 1. The predicted octanol–water partition coefficient (Wildman–Crippen LogP) is 2.25. The summed E-state index contributed by atoms with van der Waals surface area (Å²) in [6, 6.07) is 5.96. The average molecular weight is 282 g/mol. The summed E-state index contributed by atoms with van der Waals surface area (Å²) in [6.45, 7) is 0. The number of hydrogen-bond acceptors (Lipinski definition) is 6. The molecule has 2 aromatic rings. The standard InChI is InChI=1S/C11H11N2O5P/c1-17-19(16,18-2)11-9-4-3-5-10(13(14)15)8(9)6-7-12-11/h3-7H,1-2H3. The first-order valence-electron chi connectivity index (χ1n) is 5.27. The second-order valence-electron chi connectivity index (χ2n) is 3.63. The molecule has 0 amide bonds. The lowest BCUT2D eigenvalue weighted by atomic mass is 10.1. The van der Waals surface area contributed by atoms with Gasteiger partial charge in [-0.15, -0.1) is 0 Å². The summed E-state index contributed by atoms with van der Waals surface area (Å²) in [7, 11) is -1.09. The molecule has 1 aromatic carbocycles. The van der Waals surface area contributed by atoms with Crippen molar-refractivity contribution in [1.82, 2.24) is 4.98 Å². The van der Waals surface area contributed by atoms with Crippen LogP contribution in [0.4, 0.5) is 5.69 Å². The smallest absolute Gasteiger partial charge is 0.307 e. The molecule has 0 bridgehead atoms. The van der Waals surface area contributed by atoms with Crippen LogP contribution in [0.15, 0.2) is 30.5 Å². The third-order valence-corrected chi connectivity index (χ3v) is 4.54. The number of hydrogen-bond donors (Lipinski definition) is 0. The number of benzene rings is 1. The van der Waals surface area contributed by atoms with E-state index < -0.39 is 12.5 Å². The van der Waals surface area contributed by atoms with E-state index in [1.54, 1.807) is 6.07 Å². The van der Waals surface area contributed by atoms with Crippen LogP contribution >= 0.6 is 7.60 Å². The van der Waals surface area contributed by atoms with Crippen LogP contribution in [0.1, 0.15) is 0 Å². The van der Waals surface area contributed by atoms with Gasteiger partial charge in [0.1, 0.15) is 0 Å². The quantitative estimate of drug-likeness (QED) is 0.485. The maximum absolute atomic E-state index is 12.4. The maximum atomic E-state index is 12.4. The summed E-state index contributed by atoms with van der Waals surface area (Å²) in [6.07, 6.45) is 1.34. The monoisotopic (exact) mass is 282 g/mol. The largest absolute Gasteiger partial charge is 0.379 e. The van der Waals surface area contributed by atoms with Gasteiger partial charge in [0.2, 0.25) is 0 Å². The van der Waals surface area contributed by atoms with Crippen molar-refractivity contribution in [1.29, 1.82) is 0 Å². The Morgan fingerprint density at radius 1 is 1.21 bits per heavy atom.